The number of hydrogen-bond acceptors (Lipinski definition) is 4. The van der Waals surface area contributed by atoms with Crippen molar-refractivity contribution in [3.63, 3.8) is 0 Å². The summed E-state index contributed by atoms with van der Waals surface area (Å²) in [6.45, 7) is 6.02. The highest BCUT2D eigenvalue weighted by Gasteiger charge is 2.28. The smallest absolute Gasteiger partial charge is 0.404 e. The van der Waals surface area contributed by atoms with Crippen molar-refractivity contribution in [2.75, 3.05) is 13.2 Å². The Kier molecular flexibility index (Phi) is 6.85. The molecule has 0 aromatic heterocycles. The first-order chi connectivity index (χ1) is 9.15. The predicted molar refractivity (Wildman–Crippen MR) is 76.7 cm³/mol. The lowest BCUT2D eigenvalue weighted by atomic mass is 10.2. The van der Waals surface area contributed by atoms with Crippen molar-refractivity contribution >= 4 is 13.6 Å². The van der Waals surface area contributed by atoms with E-state index in [9.17, 15) is 4.57 Å². The Bertz CT molecular complexity index is 432. The first-order valence-corrected chi connectivity index (χ1v) is 7.95. The van der Waals surface area contributed by atoms with Crippen molar-refractivity contribution in [1.29, 1.82) is 0 Å². The van der Waals surface area contributed by atoms with E-state index >= 15 is 0 Å². The van der Waals surface area contributed by atoms with Crippen molar-refractivity contribution < 1.29 is 18.1 Å². The van der Waals surface area contributed by atoms with Crippen LogP contribution in [0.2, 0.25) is 0 Å². The lowest BCUT2D eigenvalue weighted by Gasteiger charge is -2.19. The molecule has 0 N–H and O–H groups in total. The van der Waals surface area contributed by atoms with Gasteiger partial charge in [-0.3, -0.25) is 9.05 Å². The zero-order valence-corrected chi connectivity index (χ0v) is 12.6. The molecule has 4 nitrogen and oxygen atoms in total. The zero-order chi connectivity index (χ0) is 14.1. The number of hydrogen-bond donors (Lipinski definition) is 0. The molecule has 0 radical (unpaired) electrons. The Morgan fingerprint density at radius 1 is 1.11 bits per heavy atom. The summed E-state index contributed by atoms with van der Waals surface area (Å²) in [5, 5.41) is 0. The Labute approximate surface area is 115 Å². The highest BCUT2D eigenvalue weighted by atomic mass is 31.2. The summed E-state index contributed by atoms with van der Waals surface area (Å²) < 4.78 is 28.2. The molecule has 0 spiro atoms. The van der Waals surface area contributed by atoms with E-state index in [4.69, 9.17) is 13.6 Å². The lowest BCUT2D eigenvalue weighted by molar-refractivity contribution is 0.159. The molecule has 19 heavy (non-hydrogen) atoms. The molecular weight excluding hydrogens is 263 g/mol. The van der Waals surface area contributed by atoms with E-state index in [0.717, 1.165) is 12.0 Å². The van der Waals surface area contributed by atoms with Gasteiger partial charge in [0.2, 0.25) is 0 Å². The van der Waals surface area contributed by atoms with Crippen LogP contribution in [0.25, 0.3) is 5.76 Å². The van der Waals surface area contributed by atoms with Gasteiger partial charge >= 0.3 is 7.82 Å². The van der Waals surface area contributed by atoms with E-state index in [1.807, 2.05) is 43.3 Å². The number of phosphoric acid groups is 1. The van der Waals surface area contributed by atoms with Crippen LogP contribution in [-0.2, 0) is 18.1 Å². The van der Waals surface area contributed by atoms with Gasteiger partial charge in [-0.15, -0.1) is 0 Å². The Balaban J connectivity index is 2.95. The molecule has 0 saturated carbocycles. The highest BCUT2D eigenvalue weighted by molar-refractivity contribution is 7.48. The van der Waals surface area contributed by atoms with Gasteiger partial charge in [-0.2, -0.15) is 0 Å². The molecule has 0 aliphatic rings. The second-order valence-electron chi connectivity index (χ2n) is 3.72. The Morgan fingerprint density at radius 3 is 2.16 bits per heavy atom. The molecule has 0 unspecified atom stereocenters. The topological polar surface area (TPSA) is 44.8 Å². The predicted octanol–water partition coefficient (Wildman–Crippen LogP) is 4.64. The summed E-state index contributed by atoms with van der Waals surface area (Å²) in [5.74, 6) is 0.522. The normalized spacial score (nSPS) is 12.5. The summed E-state index contributed by atoms with van der Waals surface area (Å²) >= 11 is 0. The summed E-state index contributed by atoms with van der Waals surface area (Å²) in [6, 6.07) is 9.49. The molecule has 0 amide bonds. The summed E-state index contributed by atoms with van der Waals surface area (Å²) in [4.78, 5) is 0. The molecule has 0 fully saturated rings. The largest absolute Gasteiger partial charge is 0.530 e. The third kappa shape index (κ3) is 5.19. The zero-order valence-electron chi connectivity index (χ0n) is 11.7. The van der Waals surface area contributed by atoms with E-state index in [1.54, 1.807) is 13.8 Å². The van der Waals surface area contributed by atoms with Gasteiger partial charge in [0, 0.05) is 5.56 Å². The molecule has 0 atom stereocenters. The molecule has 5 heteroatoms. The fraction of sp³-hybridized carbons (Fsp3) is 0.429. The fourth-order valence-corrected chi connectivity index (χ4v) is 2.76. The Morgan fingerprint density at radius 2 is 1.68 bits per heavy atom. The van der Waals surface area contributed by atoms with Gasteiger partial charge in [-0.05, 0) is 26.3 Å². The van der Waals surface area contributed by atoms with Gasteiger partial charge < -0.3 is 4.52 Å². The van der Waals surface area contributed by atoms with Gasteiger partial charge in [0.15, 0.2) is 0 Å². The minimum atomic E-state index is -3.54. The molecular formula is C14H21O4P. The monoisotopic (exact) mass is 284 g/mol. The van der Waals surface area contributed by atoms with Crippen molar-refractivity contribution in [1.82, 2.24) is 0 Å². The maximum Gasteiger partial charge on any atom is 0.530 e. The average Bonchev–Trinajstić information content (AvgIpc) is 2.40. The maximum absolute atomic E-state index is 12.4. The number of phosphoric ester groups is 1. The first-order valence-electron chi connectivity index (χ1n) is 6.49. The van der Waals surface area contributed by atoms with Crippen LogP contribution in [0.3, 0.4) is 0 Å². The second-order valence-corrected chi connectivity index (χ2v) is 5.31. The average molecular weight is 284 g/mol. The van der Waals surface area contributed by atoms with Crippen LogP contribution >= 0.6 is 7.82 Å². The fourth-order valence-electron chi connectivity index (χ4n) is 1.52. The standard InChI is InChI=1S/C14H21O4P/c1-4-10-14(13-11-8-7-9-12-13)18-19(15,16-5-2)17-6-3/h7-12H,4-6H2,1-3H3/b14-10-. The molecule has 0 saturated heterocycles. The quantitative estimate of drug-likeness (QED) is 0.515. The first kappa shape index (κ1) is 16.0. The summed E-state index contributed by atoms with van der Waals surface area (Å²) in [5.41, 5.74) is 0.851. The minimum Gasteiger partial charge on any atom is -0.404 e. The van der Waals surface area contributed by atoms with Crippen LogP contribution in [0.1, 0.15) is 32.8 Å². The van der Waals surface area contributed by atoms with E-state index in [1.165, 1.54) is 0 Å². The number of rotatable bonds is 8. The lowest BCUT2D eigenvalue weighted by Crippen LogP contribution is -2.00. The highest BCUT2D eigenvalue weighted by Crippen LogP contribution is 2.52. The van der Waals surface area contributed by atoms with Crippen LogP contribution in [0.5, 0.6) is 0 Å². The van der Waals surface area contributed by atoms with Crippen LogP contribution in [0, 0.1) is 0 Å². The van der Waals surface area contributed by atoms with Gasteiger partial charge in [-0.1, -0.05) is 37.3 Å². The van der Waals surface area contributed by atoms with Crippen molar-refractivity contribution in [3.8, 4) is 0 Å². The van der Waals surface area contributed by atoms with E-state index < -0.39 is 7.82 Å². The summed E-state index contributed by atoms with van der Waals surface area (Å²) in [7, 11) is -3.54. The van der Waals surface area contributed by atoms with Gasteiger partial charge in [-0.25, -0.2) is 4.57 Å². The van der Waals surface area contributed by atoms with E-state index in [-0.39, 0.29) is 13.2 Å². The minimum absolute atomic E-state index is 0.269. The molecule has 0 heterocycles. The third-order valence-corrected chi connectivity index (χ3v) is 3.80. The van der Waals surface area contributed by atoms with E-state index in [0.29, 0.717) is 5.76 Å². The van der Waals surface area contributed by atoms with Crippen LogP contribution < -0.4 is 0 Å². The molecule has 1 aromatic rings. The molecule has 0 aliphatic heterocycles. The summed E-state index contributed by atoms with van der Waals surface area (Å²) in [6.07, 6.45) is 2.63. The van der Waals surface area contributed by atoms with Crippen molar-refractivity contribution in [2.45, 2.75) is 27.2 Å². The molecule has 1 rings (SSSR count). The molecule has 0 bridgehead atoms. The van der Waals surface area contributed by atoms with E-state index in [2.05, 4.69) is 0 Å². The molecule has 0 aliphatic carbocycles. The third-order valence-electron chi connectivity index (χ3n) is 2.23. The number of allylic oxidation sites excluding steroid dienone is 1. The van der Waals surface area contributed by atoms with Crippen molar-refractivity contribution in [2.24, 2.45) is 0 Å². The van der Waals surface area contributed by atoms with Crippen LogP contribution in [0.15, 0.2) is 36.4 Å². The van der Waals surface area contributed by atoms with Crippen LogP contribution in [0.4, 0.5) is 0 Å². The second kappa shape index (κ2) is 8.16. The Hall–Kier alpha value is -1.09. The maximum atomic E-state index is 12.4. The molecule has 1 aromatic carbocycles. The number of benzene rings is 1. The van der Waals surface area contributed by atoms with Gasteiger partial charge in [0.25, 0.3) is 0 Å². The molecule has 106 valence electrons. The van der Waals surface area contributed by atoms with Gasteiger partial charge in [0.1, 0.15) is 5.76 Å². The SMILES string of the molecule is CC/C=C(\OP(=O)(OCC)OCC)c1ccccc1. The van der Waals surface area contributed by atoms with Crippen molar-refractivity contribution in [3.05, 3.63) is 42.0 Å². The van der Waals surface area contributed by atoms with Gasteiger partial charge in [0.05, 0.1) is 13.2 Å². The van der Waals surface area contributed by atoms with Crippen LogP contribution in [-0.4, -0.2) is 13.2 Å².